The Balaban J connectivity index is 2.26. The zero-order valence-electron chi connectivity index (χ0n) is 10.9. The zero-order chi connectivity index (χ0) is 12.2. The summed E-state index contributed by atoms with van der Waals surface area (Å²) in [5.41, 5.74) is 1.22. The van der Waals surface area contributed by atoms with E-state index in [2.05, 4.69) is 31.1 Å². The van der Waals surface area contributed by atoms with Crippen LogP contribution in [-0.2, 0) is 0 Å². The lowest BCUT2D eigenvalue weighted by molar-refractivity contribution is 0.387. The van der Waals surface area contributed by atoms with Crippen molar-refractivity contribution in [3.05, 3.63) is 11.5 Å². The Morgan fingerprint density at radius 3 is 2.56 bits per heavy atom. The van der Waals surface area contributed by atoms with Gasteiger partial charge in [0.2, 0.25) is 0 Å². The van der Waals surface area contributed by atoms with E-state index >= 15 is 0 Å². The molecule has 0 radical (unpaired) electrons. The van der Waals surface area contributed by atoms with Gasteiger partial charge < -0.3 is 9.73 Å². The Hall–Kier alpha value is -0.480. The quantitative estimate of drug-likeness (QED) is 0.614. The first-order chi connectivity index (χ1) is 7.44. The first kappa shape index (κ1) is 13.6. The van der Waals surface area contributed by atoms with Gasteiger partial charge in [-0.2, -0.15) is 0 Å². The van der Waals surface area contributed by atoms with Crippen molar-refractivity contribution in [2.45, 2.75) is 51.8 Å². The molecule has 0 saturated heterocycles. The molecular formula is C12H22N2OS. The maximum atomic E-state index is 5.50. The summed E-state index contributed by atoms with van der Waals surface area (Å²) in [6.07, 6.45) is 1.13. The fraction of sp³-hybridized carbons (Fsp3) is 0.750. The van der Waals surface area contributed by atoms with Crippen molar-refractivity contribution in [3.8, 4) is 0 Å². The lowest BCUT2D eigenvalue weighted by Gasteiger charge is -2.24. The monoisotopic (exact) mass is 242 g/mol. The van der Waals surface area contributed by atoms with Gasteiger partial charge in [-0.1, -0.05) is 18.7 Å². The van der Waals surface area contributed by atoms with E-state index < -0.39 is 0 Å². The molecule has 0 aromatic carbocycles. The molecule has 0 amide bonds. The molecule has 0 saturated carbocycles. The number of aromatic nitrogens is 1. The molecule has 0 aliphatic heterocycles. The van der Waals surface area contributed by atoms with Gasteiger partial charge in [0.15, 0.2) is 0 Å². The summed E-state index contributed by atoms with van der Waals surface area (Å²) in [7, 11) is 0. The van der Waals surface area contributed by atoms with Gasteiger partial charge in [-0.15, -0.1) is 0 Å². The summed E-state index contributed by atoms with van der Waals surface area (Å²) in [4.78, 5) is 4.33. The van der Waals surface area contributed by atoms with E-state index in [1.807, 2.05) is 13.8 Å². The number of nitrogens with zero attached hydrogens (tertiary/aromatic N) is 1. The number of oxazole rings is 1. The number of nitrogens with one attached hydrogen (secondary N) is 1. The van der Waals surface area contributed by atoms with E-state index in [4.69, 9.17) is 4.42 Å². The summed E-state index contributed by atoms with van der Waals surface area (Å²) < 4.78 is 5.50. The molecule has 1 rings (SSSR count). The molecule has 92 valence electrons. The number of thioether (sulfide) groups is 1. The van der Waals surface area contributed by atoms with Gasteiger partial charge in [0.25, 0.3) is 5.22 Å². The molecule has 0 unspecified atom stereocenters. The van der Waals surface area contributed by atoms with Crippen LogP contribution in [0.5, 0.6) is 0 Å². The lowest BCUT2D eigenvalue weighted by atomic mass is 10.0. The molecule has 4 heteroatoms. The van der Waals surface area contributed by atoms with Gasteiger partial charge in [-0.3, -0.25) is 0 Å². The predicted octanol–water partition coefficient (Wildman–Crippen LogP) is 3.16. The van der Waals surface area contributed by atoms with Crippen LogP contribution in [0.3, 0.4) is 0 Å². The molecule has 0 atom stereocenters. The summed E-state index contributed by atoms with van der Waals surface area (Å²) in [6.45, 7) is 11.5. The first-order valence-corrected chi connectivity index (χ1v) is 6.75. The van der Waals surface area contributed by atoms with E-state index in [-0.39, 0.29) is 5.54 Å². The molecule has 0 aliphatic rings. The van der Waals surface area contributed by atoms with Gasteiger partial charge in [0.05, 0.1) is 5.69 Å². The summed E-state index contributed by atoms with van der Waals surface area (Å²) >= 11 is 1.67. The molecule has 0 spiro atoms. The zero-order valence-corrected chi connectivity index (χ0v) is 11.7. The third kappa shape index (κ3) is 4.18. The Kier molecular flexibility index (Phi) is 4.87. The van der Waals surface area contributed by atoms with Crippen molar-refractivity contribution in [2.75, 3.05) is 12.3 Å². The molecule has 16 heavy (non-hydrogen) atoms. The highest BCUT2D eigenvalue weighted by Crippen LogP contribution is 2.19. The SMILES string of the molecule is CCC(C)(C)NCCSc1nc(C)c(C)o1. The minimum absolute atomic E-state index is 0.225. The molecular weight excluding hydrogens is 220 g/mol. The molecule has 1 N–H and O–H groups in total. The van der Waals surface area contributed by atoms with E-state index in [1.54, 1.807) is 11.8 Å². The first-order valence-electron chi connectivity index (χ1n) is 5.76. The smallest absolute Gasteiger partial charge is 0.256 e. The van der Waals surface area contributed by atoms with Crippen molar-refractivity contribution >= 4 is 11.8 Å². The third-order valence-electron chi connectivity index (χ3n) is 2.82. The Morgan fingerprint density at radius 1 is 1.38 bits per heavy atom. The minimum Gasteiger partial charge on any atom is -0.437 e. The fourth-order valence-corrected chi connectivity index (χ4v) is 1.92. The fourth-order valence-electron chi connectivity index (χ4n) is 1.16. The van der Waals surface area contributed by atoms with E-state index in [9.17, 15) is 0 Å². The normalized spacial score (nSPS) is 12.1. The maximum Gasteiger partial charge on any atom is 0.256 e. The summed E-state index contributed by atoms with van der Waals surface area (Å²) in [6, 6.07) is 0. The van der Waals surface area contributed by atoms with Crippen LogP contribution in [-0.4, -0.2) is 22.8 Å². The van der Waals surface area contributed by atoms with Crippen molar-refractivity contribution in [2.24, 2.45) is 0 Å². The molecule has 0 aliphatic carbocycles. The van der Waals surface area contributed by atoms with E-state index in [1.165, 1.54) is 0 Å². The second-order valence-electron chi connectivity index (χ2n) is 4.63. The lowest BCUT2D eigenvalue weighted by Crippen LogP contribution is -2.39. The Labute approximate surface area is 102 Å². The van der Waals surface area contributed by atoms with Crippen LogP contribution in [0.15, 0.2) is 9.64 Å². The van der Waals surface area contributed by atoms with Crippen LogP contribution in [0.2, 0.25) is 0 Å². The van der Waals surface area contributed by atoms with Crippen molar-refractivity contribution < 1.29 is 4.42 Å². The molecule has 3 nitrogen and oxygen atoms in total. The van der Waals surface area contributed by atoms with Crippen molar-refractivity contribution in [1.29, 1.82) is 0 Å². The van der Waals surface area contributed by atoms with Crippen molar-refractivity contribution in [1.82, 2.24) is 10.3 Å². The topological polar surface area (TPSA) is 38.1 Å². The molecule has 0 fully saturated rings. The summed E-state index contributed by atoms with van der Waals surface area (Å²) in [5, 5.41) is 4.29. The number of rotatable bonds is 6. The second kappa shape index (κ2) is 5.73. The highest BCUT2D eigenvalue weighted by Gasteiger charge is 2.13. The van der Waals surface area contributed by atoms with Crippen LogP contribution >= 0.6 is 11.8 Å². The maximum absolute atomic E-state index is 5.50. The van der Waals surface area contributed by atoms with Crippen LogP contribution in [0.4, 0.5) is 0 Å². The van der Waals surface area contributed by atoms with Gasteiger partial charge in [0.1, 0.15) is 5.76 Å². The number of hydrogen-bond donors (Lipinski definition) is 1. The van der Waals surface area contributed by atoms with Crippen molar-refractivity contribution in [3.63, 3.8) is 0 Å². The standard InChI is InChI=1S/C12H22N2OS/c1-6-12(4,5)13-7-8-16-11-14-9(2)10(3)15-11/h13H,6-8H2,1-5H3. The van der Waals surface area contributed by atoms with Gasteiger partial charge in [-0.25, -0.2) is 4.98 Å². The second-order valence-corrected chi connectivity index (χ2v) is 5.68. The average Bonchev–Trinajstić information content (AvgIpc) is 2.54. The average molecular weight is 242 g/mol. The van der Waals surface area contributed by atoms with E-state index in [0.717, 1.165) is 35.4 Å². The Bertz CT molecular complexity index is 314. The largest absolute Gasteiger partial charge is 0.437 e. The van der Waals surface area contributed by atoms with Gasteiger partial charge >= 0.3 is 0 Å². The highest BCUT2D eigenvalue weighted by atomic mass is 32.2. The van der Waals surface area contributed by atoms with Crippen LogP contribution in [0, 0.1) is 13.8 Å². The van der Waals surface area contributed by atoms with Crippen LogP contribution in [0.1, 0.15) is 38.6 Å². The number of hydrogen-bond acceptors (Lipinski definition) is 4. The summed E-state index contributed by atoms with van der Waals surface area (Å²) in [5.74, 6) is 1.91. The minimum atomic E-state index is 0.225. The predicted molar refractivity (Wildman–Crippen MR) is 69.1 cm³/mol. The highest BCUT2D eigenvalue weighted by molar-refractivity contribution is 7.99. The van der Waals surface area contributed by atoms with Crippen LogP contribution < -0.4 is 5.32 Å². The molecule has 1 aromatic heterocycles. The molecule has 1 aromatic rings. The molecule has 0 bridgehead atoms. The molecule has 1 heterocycles. The van der Waals surface area contributed by atoms with Gasteiger partial charge in [-0.05, 0) is 34.1 Å². The van der Waals surface area contributed by atoms with E-state index in [0.29, 0.717) is 0 Å². The van der Waals surface area contributed by atoms with Gasteiger partial charge in [0, 0.05) is 17.8 Å². The third-order valence-corrected chi connectivity index (χ3v) is 3.65. The Morgan fingerprint density at radius 2 is 2.06 bits per heavy atom. The van der Waals surface area contributed by atoms with Crippen LogP contribution in [0.25, 0.3) is 0 Å². The number of aryl methyl sites for hydroxylation is 2.